The second kappa shape index (κ2) is 10.2. The van der Waals surface area contributed by atoms with Crippen LogP contribution in [0.5, 0.6) is 0 Å². The first kappa shape index (κ1) is 21.1. The monoisotopic (exact) mass is 411 g/mol. The van der Waals surface area contributed by atoms with Gasteiger partial charge in [0.2, 0.25) is 11.8 Å². The highest BCUT2D eigenvalue weighted by Crippen LogP contribution is 2.31. The van der Waals surface area contributed by atoms with Gasteiger partial charge >= 0.3 is 0 Å². The second-order valence-electron chi connectivity index (χ2n) is 8.91. The predicted octanol–water partition coefficient (Wildman–Crippen LogP) is 2.17. The minimum Gasteiger partial charge on any atom is -0.365 e. The smallest absolute Gasteiger partial charge is 0.248 e. The Morgan fingerprint density at radius 1 is 1.07 bits per heavy atom. The normalized spacial score (nSPS) is 23.8. The molecule has 0 bridgehead atoms. The lowest BCUT2D eigenvalue weighted by molar-refractivity contribution is -0.149. The Morgan fingerprint density at radius 2 is 1.80 bits per heavy atom. The van der Waals surface area contributed by atoms with Crippen molar-refractivity contribution in [3.05, 3.63) is 42.0 Å². The molecule has 4 rings (SSSR count). The molecule has 1 unspecified atom stereocenters. The molecule has 2 aliphatic heterocycles. The molecule has 1 aromatic rings. The number of likely N-dealkylation sites (tertiary alicyclic amines) is 1. The third kappa shape index (κ3) is 6.41. The van der Waals surface area contributed by atoms with E-state index >= 15 is 0 Å². The Balaban J connectivity index is 1.18. The zero-order valence-electron chi connectivity index (χ0n) is 17.7. The molecule has 1 atom stereocenters. The standard InChI is InChI=1S/C24H33N3O3/c28-23(9-8-19-4-2-1-3-5-19)25-14-22-17-27(24(29)18-30-22)16-21-10-12-26(13-11-21)15-20-6-7-20/h1-5,8-9,20-22H,6-7,10-18H2,(H,25,28)/b9-8+. The van der Waals surface area contributed by atoms with Gasteiger partial charge in [0.25, 0.3) is 0 Å². The molecule has 1 aliphatic carbocycles. The zero-order valence-corrected chi connectivity index (χ0v) is 17.7. The van der Waals surface area contributed by atoms with Crippen LogP contribution in [0.2, 0.25) is 0 Å². The van der Waals surface area contributed by atoms with Crippen LogP contribution in [0.15, 0.2) is 36.4 Å². The second-order valence-corrected chi connectivity index (χ2v) is 8.91. The molecule has 1 aromatic carbocycles. The molecular weight excluding hydrogens is 378 g/mol. The highest BCUT2D eigenvalue weighted by atomic mass is 16.5. The first-order chi connectivity index (χ1) is 14.7. The molecule has 0 radical (unpaired) electrons. The van der Waals surface area contributed by atoms with E-state index in [4.69, 9.17) is 4.74 Å². The Morgan fingerprint density at radius 3 is 2.53 bits per heavy atom. The first-order valence-electron chi connectivity index (χ1n) is 11.3. The van der Waals surface area contributed by atoms with Crippen molar-refractivity contribution >= 4 is 17.9 Å². The Bertz CT molecular complexity index is 739. The van der Waals surface area contributed by atoms with E-state index in [9.17, 15) is 9.59 Å². The molecule has 0 aromatic heterocycles. The molecule has 3 aliphatic rings. The summed E-state index contributed by atoms with van der Waals surface area (Å²) in [6.07, 6.45) is 8.34. The van der Waals surface area contributed by atoms with Crippen LogP contribution in [0, 0.1) is 11.8 Å². The number of amides is 2. The summed E-state index contributed by atoms with van der Waals surface area (Å²) in [7, 11) is 0. The van der Waals surface area contributed by atoms with Crippen LogP contribution in [0.3, 0.4) is 0 Å². The average molecular weight is 412 g/mol. The van der Waals surface area contributed by atoms with E-state index in [1.165, 1.54) is 38.3 Å². The van der Waals surface area contributed by atoms with Gasteiger partial charge < -0.3 is 19.9 Å². The maximum Gasteiger partial charge on any atom is 0.248 e. The summed E-state index contributed by atoms with van der Waals surface area (Å²) in [4.78, 5) is 29.0. The highest BCUT2D eigenvalue weighted by molar-refractivity contribution is 5.91. The van der Waals surface area contributed by atoms with Crippen molar-refractivity contribution in [2.45, 2.75) is 31.8 Å². The lowest BCUT2D eigenvalue weighted by atomic mass is 9.95. The summed E-state index contributed by atoms with van der Waals surface area (Å²) in [5.41, 5.74) is 0.988. The third-order valence-corrected chi connectivity index (χ3v) is 6.35. The van der Waals surface area contributed by atoms with Crippen LogP contribution in [0.1, 0.15) is 31.2 Å². The van der Waals surface area contributed by atoms with Crippen molar-refractivity contribution < 1.29 is 14.3 Å². The predicted molar refractivity (Wildman–Crippen MR) is 117 cm³/mol. The molecule has 1 N–H and O–H groups in total. The van der Waals surface area contributed by atoms with Gasteiger partial charge in [-0.15, -0.1) is 0 Å². The van der Waals surface area contributed by atoms with E-state index in [1.807, 2.05) is 35.2 Å². The summed E-state index contributed by atoms with van der Waals surface area (Å²) in [6, 6.07) is 9.73. The number of nitrogens with zero attached hydrogens (tertiary/aromatic N) is 2. The number of hydrogen-bond acceptors (Lipinski definition) is 4. The number of carbonyl (C=O) groups is 2. The highest BCUT2D eigenvalue weighted by Gasteiger charge is 2.31. The molecule has 0 spiro atoms. The minimum absolute atomic E-state index is 0.0713. The maximum absolute atomic E-state index is 12.3. The quantitative estimate of drug-likeness (QED) is 0.666. The van der Waals surface area contributed by atoms with Crippen LogP contribution in [-0.4, -0.2) is 73.6 Å². The molecule has 162 valence electrons. The van der Waals surface area contributed by atoms with Crippen molar-refractivity contribution in [1.29, 1.82) is 0 Å². The third-order valence-electron chi connectivity index (χ3n) is 6.35. The lowest BCUT2D eigenvalue weighted by Crippen LogP contribution is -2.52. The zero-order chi connectivity index (χ0) is 20.8. The van der Waals surface area contributed by atoms with Gasteiger partial charge in [-0.25, -0.2) is 0 Å². The summed E-state index contributed by atoms with van der Waals surface area (Å²) in [6.45, 7) is 5.49. The summed E-state index contributed by atoms with van der Waals surface area (Å²) >= 11 is 0. The van der Waals surface area contributed by atoms with Gasteiger partial charge in [-0.05, 0) is 62.2 Å². The topological polar surface area (TPSA) is 61.9 Å². The number of hydrogen-bond donors (Lipinski definition) is 1. The molecule has 1 saturated carbocycles. The van der Waals surface area contributed by atoms with Gasteiger partial charge in [0.05, 0.1) is 6.10 Å². The van der Waals surface area contributed by atoms with Gasteiger partial charge in [-0.2, -0.15) is 0 Å². The fraction of sp³-hybridized carbons (Fsp3) is 0.583. The van der Waals surface area contributed by atoms with Gasteiger partial charge in [-0.1, -0.05) is 30.3 Å². The van der Waals surface area contributed by atoms with Crippen LogP contribution in [0.4, 0.5) is 0 Å². The summed E-state index contributed by atoms with van der Waals surface area (Å²) in [5, 5.41) is 2.90. The van der Waals surface area contributed by atoms with E-state index in [2.05, 4.69) is 10.2 Å². The lowest BCUT2D eigenvalue weighted by Gasteiger charge is -2.38. The van der Waals surface area contributed by atoms with Crippen LogP contribution < -0.4 is 5.32 Å². The van der Waals surface area contributed by atoms with Gasteiger partial charge in [-0.3, -0.25) is 9.59 Å². The van der Waals surface area contributed by atoms with Crippen LogP contribution in [0.25, 0.3) is 6.08 Å². The Hall–Kier alpha value is -2.18. The molecule has 6 nitrogen and oxygen atoms in total. The Kier molecular flexibility index (Phi) is 7.18. The van der Waals surface area contributed by atoms with Crippen LogP contribution in [-0.2, 0) is 14.3 Å². The molecular formula is C24H33N3O3. The Labute approximate surface area is 179 Å². The average Bonchev–Trinajstić information content (AvgIpc) is 3.59. The van der Waals surface area contributed by atoms with Crippen molar-refractivity contribution in [3.8, 4) is 0 Å². The first-order valence-corrected chi connectivity index (χ1v) is 11.3. The number of carbonyl (C=O) groups excluding carboxylic acids is 2. The number of benzene rings is 1. The molecule has 30 heavy (non-hydrogen) atoms. The number of piperidine rings is 1. The molecule has 2 saturated heterocycles. The number of nitrogens with one attached hydrogen (secondary N) is 1. The van der Waals surface area contributed by atoms with Gasteiger partial charge in [0.1, 0.15) is 6.61 Å². The largest absolute Gasteiger partial charge is 0.365 e. The van der Waals surface area contributed by atoms with Gasteiger partial charge in [0.15, 0.2) is 0 Å². The van der Waals surface area contributed by atoms with E-state index in [1.54, 1.807) is 6.08 Å². The number of rotatable bonds is 8. The van der Waals surface area contributed by atoms with Gasteiger partial charge in [0, 0.05) is 32.3 Å². The fourth-order valence-corrected chi connectivity index (χ4v) is 4.32. The van der Waals surface area contributed by atoms with E-state index < -0.39 is 0 Å². The van der Waals surface area contributed by atoms with E-state index in [-0.39, 0.29) is 24.5 Å². The summed E-state index contributed by atoms with van der Waals surface area (Å²) in [5.74, 6) is 1.45. The summed E-state index contributed by atoms with van der Waals surface area (Å²) < 4.78 is 5.65. The van der Waals surface area contributed by atoms with Crippen LogP contribution >= 0.6 is 0 Å². The molecule has 3 fully saturated rings. The van der Waals surface area contributed by atoms with Crippen molar-refractivity contribution in [2.24, 2.45) is 11.8 Å². The number of morpholine rings is 1. The SMILES string of the molecule is O=C(/C=C/c1ccccc1)NCC1CN(CC2CCN(CC3CC3)CC2)C(=O)CO1. The van der Waals surface area contributed by atoms with Crippen molar-refractivity contribution in [2.75, 3.05) is 45.9 Å². The fourth-order valence-electron chi connectivity index (χ4n) is 4.32. The van der Waals surface area contributed by atoms with Crippen molar-refractivity contribution in [3.63, 3.8) is 0 Å². The molecule has 6 heteroatoms. The molecule has 2 amide bonds. The maximum atomic E-state index is 12.3. The van der Waals surface area contributed by atoms with Crippen molar-refractivity contribution in [1.82, 2.24) is 15.1 Å². The van der Waals surface area contributed by atoms with E-state index in [0.29, 0.717) is 19.0 Å². The molecule has 2 heterocycles. The van der Waals surface area contributed by atoms with E-state index in [0.717, 1.165) is 31.1 Å². The minimum atomic E-state index is -0.147. The number of ether oxygens (including phenoxy) is 1.